The topological polar surface area (TPSA) is 45.2 Å². The first-order valence-electron chi connectivity index (χ1n) is 8.39. The Labute approximate surface area is 164 Å². The Morgan fingerprint density at radius 3 is 2.76 bits per heavy atom. The lowest BCUT2D eigenvalue weighted by molar-refractivity contribution is 0.0685. The number of carbonyl (C=O) groups is 1. The van der Waals surface area contributed by atoms with Crippen molar-refractivity contribution >= 4 is 41.3 Å². The van der Waals surface area contributed by atoms with Gasteiger partial charge in [0, 0.05) is 24.0 Å². The van der Waals surface area contributed by atoms with Crippen LogP contribution in [-0.2, 0) is 0 Å². The number of likely N-dealkylation sites (tertiary alicyclic amines) is 1. The second kappa shape index (κ2) is 9.53. The van der Waals surface area contributed by atoms with Crippen molar-refractivity contribution < 1.29 is 4.79 Å². The number of hydrogen-bond donors (Lipinski definition) is 1. The van der Waals surface area contributed by atoms with Crippen LogP contribution in [0.5, 0.6) is 0 Å². The summed E-state index contributed by atoms with van der Waals surface area (Å²) in [5.74, 6) is 0.703. The molecule has 4 nitrogen and oxygen atoms in total. The molecule has 3 rings (SSSR count). The van der Waals surface area contributed by atoms with Gasteiger partial charge in [0.15, 0.2) is 0 Å². The summed E-state index contributed by atoms with van der Waals surface area (Å²) in [6.07, 6.45) is 2.11. The second-order valence-electron chi connectivity index (χ2n) is 6.06. The summed E-state index contributed by atoms with van der Waals surface area (Å²) < 4.78 is 0. The van der Waals surface area contributed by atoms with Crippen LogP contribution < -0.4 is 5.32 Å². The number of nitrogens with zero attached hydrogens (tertiary/aromatic N) is 2. The molecule has 1 aliphatic heterocycles. The number of benzene rings is 1. The minimum absolute atomic E-state index is 0. The zero-order chi connectivity index (χ0) is 16.9. The molecule has 1 fully saturated rings. The molecule has 1 aliphatic rings. The first-order valence-corrected chi connectivity index (χ1v) is 9.65. The number of nitrogens with one attached hydrogen (secondary N) is 1. The third-order valence-electron chi connectivity index (χ3n) is 4.41. The van der Waals surface area contributed by atoms with Gasteiger partial charge in [-0.15, -0.1) is 23.7 Å². The van der Waals surface area contributed by atoms with Crippen LogP contribution in [0, 0.1) is 5.92 Å². The third-order valence-corrected chi connectivity index (χ3v) is 5.62. The SMILES string of the molecule is CCNCC1CCN(C(=O)c2csc(-c3ccccc3Cl)n2)CC1.Cl. The number of halogens is 2. The largest absolute Gasteiger partial charge is 0.337 e. The number of aromatic nitrogens is 1. The van der Waals surface area contributed by atoms with Crippen molar-refractivity contribution in [2.75, 3.05) is 26.2 Å². The van der Waals surface area contributed by atoms with Gasteiger partial charge in [0.25, 0.3) is 5.91 Å². The monoisotopic (exact) mass is 399 g/mol. The maximum Gasteiger partial charge on any atom is 0.273 e. The van der Waals surface area contributed by atoms with Gasteiger partial charge in [-0.2, -0.15) is 0 Å². The average molecular weight is 400 g/mol. The molecule has 0 bridgehead atoms. The Morgan fingerprint density at radius 1 is 1.36 bits per heavy atom. The quantitative estimate of drug-likeness (QED) is 0.812. The highest BCUT2D eigenvalue weighted by Crippen LogP contribution is 2.30. The summed E-state index contributed by atoms with van der Waals surface area (Å²) in [6, 6.07) is 7.60. The second-order valence-corrected chi connectivity index (χ2v) is 7.33. The summed E-state index contributed by atoms with van der Waals surface area (Å²) in [4.78, 5) is 19.1. The Hall–Kier alpha value is -1.14. The first kappa shape index (κ1) is 20.2. The molecule has 7 heteroatoms. The lowest BCUT2D eigenvalue weighted by Gasteiger charge is -2.31. The molecular formula is C18H23Cl2N3OS. The van der Waals surface area contributed by atoms with E-state index in [0.717, 1.165) is 49.6 Å². The number of thiazole rings is 1. The fourth-order valence-electron chi connectivity index (χ4n) is 2.98. The fourth-order valence-corrected chi connectivity index (χ4v) is 4.10. The van der Waals surface area contributed by atoms with Gasteiger partial charge in [0.1, 0.15) is 10.7 Å². The molecule has 0 atom stereocenters. The molecule has 25 heavy (non-hydrogen) atoms. The van der Waals surface area contributed by atoms with E-state index in [0.29, 0.717) is 16.6 Å². The van der Waals surface area contributed by atoms with Crippen LogP contribution in [0.15, 0.2) is 29.6 Å². The standard InChI is InChI=1S/C18H22ClN3OS.ClH/c1-2-20-11-13-7-9-22(10-8-13)18(23)16-12-24-17(21-16)14-5-3-4-6-15(14)19;/h3-6,12-13,20H,2,7-11H2,1H3;1H. The minimum atomic E-state index is 0. The van der Waals surface area contributed by atoms with Crippen LogP contribution in [0.25, 0.3) is 10.6 Å². The zero-order valence-corrected chi connectivity index (χ0v) is 16.6. The highest BCUT2D eigenvalue weighted by atomic mass is 35.5. The van der Waals surface area contributed by atoms with Crippen molar-refractivity contribution in [3.05, 3.63) is 40.4 Å². The molecule has 2 heterocycles. The smallest absolute Gasteiger partial charge is 0.273 e. The van der Waals surface area contributed by atoms with Gasteiger partial charge in [0.2, 0.25) is 0 Å². The Bertz CT molecular complexity index is 699. The molecule has 1 aromatic heterocycles. The average Bonchev–Trinajstić information content (AvgIpc) is 3.10. The van der Waals surface area contributed by atoms with E-state index in [1.165, 1.54) is 11.3 Å². The van der Waals surface area contributed by atoms with Gasteiger partial charge in [-0.25, -0.2) is 4.98 Å². The normalized spacial score (nSPS) is 15.0. The van der Waals surface area contributed by atoms with Crippen LogP contribution in [0.2, 0.25) is 5.02 Å². The molecule has 0 radical (unpaired) electrons. The molecule has 1 saturated heterocycles. The summed E-state index contributed by atoms with van der Waals surface area (Å²) in [7, 11) is 0. The van der Waals surface area contributed by atoms with E-state index in [-0.39, 0.29) is 18.3 Å². The number of piperidine rings is 1. The fraction of sp³-hybridized carbons (Fsp3) is 0.444. The minimum Gasteiger partial charge on any atom is -0.337 e. The number of hydrogen-bond acceptors (Lipinski definition) is 4. The molecule has 1 N–H and O–H groups in total. The maximum atomic E-state index is 12.7. The van der Waals surface area contributed by atoms with E-state index in [4.69, 9.17) is 11.6 Å². The third kappa shape index (κ3) is 4.94. The Morgan fingerprint density at radius 2 is 2.08 bits per heavy atom. The molecule has 1 aromatic carbocycles. The molecule has 0 spiro atoms. The van der Waals surface area contributed by atoms with Crippen LogP contribution >= 0.6 is 35.3 Å². The molecular weight excluding hydrogens is 377 g/mol. The molecule has 136 valence electrons. The lowest BCUT2D eigenvalue weighted by Crippen LogP contribution is -2.40. The van der Waals surface area contributed by atoms with E-state index in [1.54, 1.807) is 0 Å². The summed E-state index contributed by atoms with van der Waals surface area (Å²) in [6.45, 7) is 5.80. The number of carbonyl (C=O) groups excluding carboxylic acids is 1. The van der Waals surface area contributed by atoms with Gasteiger partial charge in [-0.3, -0.25) is 4.79 Å². The predicted molar refractivity (Wildman–Crippen MR) is 107 cm³/mol. The zero-order valence-electron chi connectivity index (χ0n) is 14.2. The van der Waals surface area contributed by atoms with Crippen molar-refractivity contribution in [1.29, 1.82) is 0 Å². The highest BCUT2D eigenvalue weighted by molar-refractivity contribution is 7.13. The number of amides is 1. The summed E-state index contributed by atoms with van der Waals surface area (Å²) >= 11 is 7.69. The van der Waals surface area contributed by atoms with Crippen LogP contribution in [0.1, 0.15) is 30.3 Å². The van der Waals surface area contributed by atoms with E-state index < -0.39 is 0 Å². The predicted octanol–water partition coefficient (Wildman–Crippen LogP) is 4.35. The van der Waals surface area contributed by atoms with Gasteiger partial charge in [-0.1, -0.05) is 36.7 Å². The summed E-state index contributed by atoms with van der Waals surface area (Å²) in [5.41, 5.74) is 1.41. The molecule has 0 saturated carbocycles. The molecule has 2 aromatic rings. The molecule has 1 amide bonds. The van der Waals surface area contributed by atoms with Crippen molar-refractivity contribution in [2.45, 2.75) is 19.8 Å². The van der Waals surface area contributed by atoms with Crippen molar-refractivity contribution in [1.82, 2.24) is 15.2 Å². The Kier molecular flexibility index (Phi) is 7.69. The van der Waals surface area contributed by atoms with E-state index in [2.05, 4.69) is 17.2 Å². The van der Waals surface area contributed by atoms with E-state index in [1.807, 2.05) is 34.5 Å². The van der Waals surface area contributed by atoms with Gasteiger partial charge in [0.05, 0.1) is 5.02 Å². The van der Waals surface area contributed by atoms with Gasteiger partial charge < -0.3 is 10.2 Å². The highest BCUT2D eigenvalue weighted by Gasteiger charge is 2.25. The van der Waals surface area contributed by atoms with E-state index in [9.17, 15) is 4.79 Å². The van der Waals surface area contributed by atoms with Crippen LogP contribution in [0.3, 0.4) is 0 Å². The lowest BCUT2D eigenvalue weighted by atomic mass is 9.96. The van der Waals surface area contributed by atoms with Gasteiger partial charge >= 0.3 is 0 Å². The Balaban J connectivity index is 0.00000225. The first-order chi connectivity index (χ1) is 11.7. The van der Waals surface area contributed by atoms with Crippen LogP contribution in [-0.4, -0.2) is 42.0 Å². The summed E-state index contributed by atoms with van der Waals surface area (Å²) in [5, 5.41) is 6.69. The van der Waals surface area contributed by atoms with Crippen molar-refractivity contribution in [3.63, 3.8) is 0 Å². The van der Waals surface area contributed by atoms with Crippen molar-refractivity contribution in [3.8, 4) is 10.6 Å². The molecule has 0 unspecified atom stereocenters. The van der Waals surface area contributed by atoms with E-state index >= 15 is 0 Å². The number of rotatable bonds is 5. The van der Waals surface area contributed by atoms with Crippen LogP contribution in [0.4, 0.5) is 0 Å². The molecule has 0 aliphatic carbocycles. The van der Waals surface area contributed by atoms with Gasteiger partial charge in [-0.05, 0) is 37.9 Å². The maximum absolute atomic E-state index is 12.7. The van der Waals surface area contributed by atoms with Crippen molar-refractivity contribution in [2.24, 2.45) is 5.92 Å².